The maximum absolute atomic E-state index is 12.0. The molecule has 0 aliphatic rings. The van der Waals surface area contributed by atoms with Gasteiger partial charge in [-0.2, -0.15) is 0 Å². The van der Waals surface area contributed by atoms with Gasteiger partial charge in [0.25, 0.3) is 5.91 Å². The Kier molecular flexibility index (Phi) is 4.77. The summed E-state index contributed by atoms with van der Waals surface area (Å²) in [5.41, 5.74) is 8.21. The zero-order valence-corrected chi connectivity index (χ0v) is 11.7. The minimum Gasteiger partial charge on any atom is -0.399 e. The van der Waals surface area contributed by atoms with Gasteiger partial charge < -0.3 is 11.1 Å². The molecular formula is C17H20N2O. The van der Waals surface area contributed by atoms with Gasteiger partial charge in [-0.3, -0.25) is 4.79 Å². The third-order valence-electron chi connectivity index (χ3n) is 3.26. The number of carbonyl (C=O) groups is 1. The Morgan fingerprint density at radius 1 is 1.10 bits per heavy atom. The Hall–Kier alpha value is -2.29. The molecule has 2 aromatic carbocycles. The quantitative estimate of drug-likeness (QED) is 0.819. The van der Waals surface area contributed by atoms with E-state index in [0.29, 0.717) is 11.3 Å². The second-order valence-electron chi connectivity index (χ2n) is 5.02. The van der Waals surface area contributed by atoms with Crippen LogP contribution in [-0.2, 0) is 6.42 Å². The summed E-state index contributed by atoms with van der Waals surface area (Å²) in [7, 11) is 0. The lowest BCUT2D eigenvalue weighted by Crippen LogP contribution is -2.32. The van der Waals surface area contributed by atoms with Crippen LogP contribution in [0, 0.1) is 0 Å². The van der Waals surface area contributed by atoms with Crippen molar-refractivity contribution in [1.29, 1.82) is 0 Å². The number of anilines is 1. The van der Waals surface area contributed by atoms with Crippen LogP contribution in [0.2, 0.25) is 0 Å². The van der Waals surface area contributed by atoms with E-state index >= 15 is 0 Å². The second kappa shape index (κ2) is 6.75. The molecule has 0 aromatic heterocycles. The fourth-order valence-corrected chi connectivity index (χ4v) is 2.04. The lowest BCUT2D eigenvalue weighted by atomic mass is 10.1. The number of hydrogen-bond acceptors (Lipinski definition) is 2. The smallest absolute Gasteiger partial charge is 0.251 e. The van der Waals surface area contributed by atoms with Crippen LogP contribution >= 0.6 is 0 Å². The highest BCUT2D eigenvalue weighted by Crippen LogP contribution is 2.08. The van der Waals surface area contributed by atoms with Crippen molar-refractivity contribution in [3.05, 3.63) is 65.7 Å². The maximum Gasteiger partial charge on any atom is 0.251 e. The average Bonchev–Trinajstić information content (AvgIpc) is 2.47. The molecule has 0 saturated heterocycles. The lowest BCUT2D eigenvalue weighted by Gasteiger charge is -2.14. The summed E-state index contributed by atoms with van der Waals surface area (Å²) in [6.07, 6.45) is 1.88. The second-order valence-corrected chi connectivity index (χ2v) is 5.02. The van der Waals surface area contributed by atoms with Crippen molar-refractivity contribution in [2.24, 2.45) is 0 Å². The van der Waals surface area contributed by atoms with E-state index in [1.54, 1.807) is 24.3 Å². The van der Waals surface area contributed by atoms with E-state index in [1.807, 2.05) is 25.1 Å². The minimum atomic E-state index is -0.0504. The Morgan fingerprint density at radius 2 is 1.75 bits per heavy atom. The average molecular weight is 268 g/mol. The highest BCUT2D eigenvalue weighted by atomic mass is 16.1. The molecule has 2 rings (SSSR count). The molecule has 1 amide bonds. The molecule has 0 radical (unpaired) electrons. The molecular weight excluding hydrogens is 248 g/mol. The third kappa shape index (κ3) is 4.12. The molecule has 0 bridgehead atoms. The summed E-state index contributed by atoms with van der Waals surface area (Å²) in [6, 6.07) is 17.4. The van der Waals surface area contributed by atoms with Crippen LogP contribution in [0.5, 0.6) is 0 Å². The predicted octanol–water partition coefficient (Wildman–Crippen LogP) is 3.02. The molecule has 2 aromatic rings. The molecule has 3 heteroatoms. The minimum absolute atomic E-state index is 0.0504. The van der Waals surface area contributed by atoms with Gasteiger partial charge in [0.15, 0.2) is 0 Å². The van der Waals surface area contributed by atoms with Crippen LogP contribution in [0.3, 0.4) is 0 Å². The normalized spacial score (nSPS) is 11.8. The van der Waals surface area contributed by atoms with E-state index in [4.69, 9.17) is 5.73 Å². The number of benzene rings is 2. The molecule has 0 spiro atoms. The summed E-state index contributed by atoms with van der Waals surface area (Å²) in [4.78, 5) is 12.0. The standard InChI is InChI=1S/C17H20N2O/c1-13(7-8-14-5-3-2-4-6-14)19-17(20)15-9-11-16(18)12-10-15/h2-6,9-13H,7-8,18H2,1H3,(H,19,20)/t13-/m0/s1. The molecule has 3 N–H and O–H groups in total. The molecule has 0 aliphatic heterocycles. The number of nitrogens with two attached hydrogens (primary N) is 1. The highest BCUT2D eigenvalue weighted by molar-refractivity contribution is 5.94. The number of carbonyl (C=O) groups excluding carboxylic acids is 1. The SMILES string of the molecule is C[C@@H](CCc1ccccc1)NC(=O)c1ccc(N)cc1. The molecule has 0 fully saturated rings. The van der Waals surface area contributed by atoms with Gasteiger partial charge in [-0.1, -0.05) is 30.3 Å². The van der Waals surface area contributed by atoms with Crippen LogP contribution in [0.1, 0.15) is 29.3 Å². The largest absolute Gasteiger partial charge is 0.399 e. The lowest BCUT2D eigenvalue weighted by molar-refractivity contribution is 0.0938. The molecule has 0 unspecified atom stereocenters. The number of amides is 1. The topological polar surface area (TPSA) is 55.1 Å². The predicted molar refractivity (Wildman–Crippen MR) is 82.5 cm³/mol. The first-order valence-electron chi connectivity index (χ1n) is 6.85. The van der Waals surface area contributed by atoms with Crippen LogP contribution < -0.4 is 11.1 Å². The number of nitrogens with one attached hydrogen (secondary N) is 1. The fraction of sp³-hybridized carbons (Fsp3) is 0.235. The van der Waals surface area contributed by atoms with Crippen molar-refractivity contribution in [2.45, 2.75) is 25.8 Å². The van der Waals surface area contributed by atoms with Crippen LogP contribution in [0.4, 0.5) is 5.69 Å². The van der Waals surface area contributed by atoms with Gasteiger partial charge >= 0.3 is 0 Å². The zero-order valence-electron chi connectivity index (χ0n) is 11.7. The van der Waals surface area contributed by atoms with E-state index in [9.17, 15) is 4.79 Å². The van der Waals surface area contributed by atoms with Crippen molar-refractivity contribution in [2.75, 3.05) is 5.73 Å². The van der Waals surface area contributed by atoms with E-state index in [-0.39, 0.29) is 11.9 Å². The van der Waals surface area contributed by atoms with Crippen LogP contribution in [0.15, 0.2) is 54.6 Å². The molecule has 0 aliphatic carbocycles. The van der Waals surface area contributed by atoms with Gasteiger partial charge in [-0.05, 0) is 49.6 Å². The third-order valence-corrected chi connectivity index (χ3v) is 3.26. The van der Waals surface area contributed by atoms with Crippen LogP contribution in [-0.4, -0.2) is 11.9 Å². The van der Waals surface area contributed by atoms with E-state index in [2.05, 4.69) is 17.4 Å². The first kappa shape index (κ1) is 14.1. The van der Waals surface area contributed by atoms with Crippen molar-refractivity contribution < 1.29 is 4.79 Å². The van der Waals surface area contributed by atoms with Gasteiger partial charge in [-0.15, -0.1) is 0 Å². The van der Waals surface area contributed by atoms with Gasteiger partial charge in [0.2, 0.25) is 0 Å². The fourth-order valence-electron chi connectivity index (χ4n) is 2.04. The number of aryl methyl sites for hydroxylation is 1. The summed E-state index contributed by atoms with van der Waals surface area (Å²) >= 11 is 0. The Bertz CT molecular complexity index is 549. The molecule has 0 heterocycles. The first-order valence-corrected chi connectivity index (χ1v) is 6.85. The van der Waals surface area contributed by atoms with Crippen molar-refractivity contribution in [3.8, 4) is 0 Å². The van der Waals surface area contributed by atoms with Crippen molar-refractivity contribution in [3.63, 3.8) is 0 Å². The summed E-state index contributed by atoms with van der Waals surface area (Å²) in [5, 5.41) is 3.01. The number of hydrogen-bond donors (Lipinski definition) is 2. The summed E-state index contributed by atoms with van der Waals surface area (Å²) in [5.74, 6) is -0.0504. The Morgan fingerprint density at radius 3 is 2.40 bits per heavy atom. The zero-order chi connectivity index (χ0) is 14.4. The first-order chi connectivity index (χ1) is 9.65. The Labute approximate surface area is 119 Å². The van der Waals surface area contributed by atoms with E-state index < -0.39 is 0 Å². The molecule has 1 atom stereocenters. The van der Waals surface area contributed by atoms with Gasteiger partial charge in [-0.25, -0.2) is 0 Å². The van der Waals surface area contributed by atoms with Gasteiger partial charge in [0.05, 0.1) is 0 Å². The molecule has 104 valence electrons. The molecule has 0 saturated carbocycles. The number of nitrogen functional groups attached to an aromatic ring is 1. The van der Waals surface area contributed by atoms with E-state index in [0.717, 1.165) is 12.8 Å². The van der Waals surface area contributed by atoms with E-state index in [1.165, 1.54) is 5.56 Å². The summed E-state index contributed by atoms with van der Waals surface area (Å²) < 4.78 is 0. The monoisotopic (exact) mass is 268 g/mol. The van der Waals surface area contributed by atoms with Gasteiger partial charge in [0, 0.05) is 17.3 Å². The highest BCUT2D eigenvalue weighted by Gasteiger charge is 2.09. The molecule has 3 nitrogen and oxygen atoms in total. The maximum atomic E-state index is 12.0. The summed E-state index contributed by atoms with van der Waals surface area (Å²) in [6.45, 7) is 2.03. The van der Waals surface area contributed by atoms with Gasteiger partial charge in [0.1, 0.15) is 0 Å². The number of rotatable bonds is 5. The van der Waals surface area contributed by atoms with Crippen molar-refractivity contribution >= 4 is 11.6 Å². The Balaban J connectivity index is 1.83. The molecule has 20 heavy (non-hydrogen) atoms. The van der Waals surface area contributed by atoms with Crippen LogP contribution in [0.25, 0.3) is 0 Å². The van der Waals surface area contributed by atoms with Crippen molar-refractivity contribution in [1.82, 2.24) is 5.32 Å².